The topological polar surface area (TPSA) is 27.3 Å². The van der Waals surface area contributed by atoms with Crippen LogP contribution in [0.15, 0.2) is 18.2 Å². The highest BCUT2D eigenvalue weighted by molar-refractivity contribution is 7.80. The first-order valence-electron chi connectivity index (χ1n) is 5.37. The number of hydrazine groups is 1. The number of nitrogens with zero attached hydrogens (tertiary/aromatic N) is 1. The number of aryl methyl sites for hydroxylation is 1. The Labute approximate surface area is 102 Å². The van der Waals surface area contributed by atoms with Gasteiger partial charge in [0.05, 0.1) is 5.69 Å². The van der Waals surface area contributed by atoms with E-state index in [4.69, 9.17) is 12.2 Å². The number of anilines is 1. The van der Waals surface area contributed by atoms with Crippen molar-refractivity contribution in [2.75, 3.05) is 5.01 Å². The maximum Gasteiger partial charge on any atom is 0.189 e. The lowest BCUT2D eigenvalue weighted by atomic mass is 10.1. The van der Waals surface area contributed by atoms with Gasteiger partial charge in [0.15, 0.2) is 5.11 Å². The van der Waals surface area contributed by atoms with Crippen LogP contribution in [-0.2, 0) is 0 Å². The maximum absolute atomic E-state index is 5.33. The fraction of sp³-hybridized carbons (Fsp3) is 0.417. The molecule has 1 aromatic rings. The molecular formula is C12H17N3S. The molecular weight excluding hydrogens is 218 g/mol. The smallest absolute Gasteiger partial charge is 0.189 e. The Morgan fingerprint density at radius 1 is 1.25 bits per heavy atom. The Bertz CT molecular complexity index is 440. The molecule has 1 saturated heterocycles. The molecule has 0 saturated carbocycles. The summed E-state index contributed by atoms with van der Waals surface area (Å²) in [7, 11) is 0. The molecule has 1 aliphatic heterocycles. The molecule has 1 heterocycles. The van der Waals surface area contributed by atoms with Crippen molar-refractivity contribution < 1.29 is 0 Å². The van der Waals surface area contributed by atoms with Crippen LogP contribution in [0.1, 0.15) is 25.0 Å². The van der Waals surface area contributed by atoms with Gasteiger partial charge in [0, 0.05) is 0 Å². The molecule has 0 aromatic heterocycles. The van der Waals surface area contributed by atoms with Gasteiger partial charge in [-0.2, -0.15) is 0 Å². The lowest BCUT2D eigenvalue weighted by molar-refractivity contribution is 0.415. The van der Waals surface area contributed by atoms with E-state index < -0.39 is 0 Å². The van der Waals surface area contributed by atoms with E-state index in [1.54, 1.807) is 0 Å². The SMILES string of the molecule is Cc1cccc(N2NC(C)(C)NC2=S)c1C. The molecule has 0 radical (unpaired) electrons. The Kier molecular flexibility index (Phi) is 2.64. The first kappa shape index (κ1) is 11.4. The van der Waals surface area contributed by atoms with Crippen molar-refractivity contribution in [3.63, 3.8) is 0 Å². The van der Waals surface area contributed by atoms with Gasteiger partial charge in [0.1, 0.15) is 5.66 Å². The summed E-state index contributed by atoms with van der Waals surface area (Å²) in [6.45, 7) is 8.34. The number of hydrogen-bond donors (Lipinski definition) is 2. The summed E-state index contributed by atoms with van der Waals surface area (Å²) in [6.07, 6.45) is 0. The van der Waals surface area contributed by atoms with E-state index in [0.29, 0.717) is 0 Å². The van der Waals surface area contributed by atoms with Gasteiger partial charge in [-0.3, -0.25) is 0 Å². The zero-order valence-corrected chi connectivity index (χ0v) is 10.9. The monoisotopic (exact) mass is 235 g/mol. The van der Waals surface area contributed by atoms with Crippen LogP contribution >= 0.6 is 12.2 Å². The summed E-state index contributed by atoms with van der Waals surface area (Å²) < 4.78 is 0. The summed E-state index contributed by atoms with van der Waals surface area (Å²) in [5.74, 6) is 0. The van der Waals surface area contributed by atoms with Gasteiger partial charge >= 0.3 is 0 Å². The first-order valence-corrected chi connectivity index (χ1v) is 5.78. The normalized spacial score (nSPS) is 18.8. The minimum absolute atomic E-state index is 0.187. The van der Waals surface area contributed by atoms with Gasteiger partial charge in [-0.25, -0.2) is 10.4 Å². The average Bonchev–Trinajstić information content (AvgIpc) is 2.44. The molecule has 0 bridgehead atoms. The summed E-state index contributed by atoms with van der Waals surface area (Å²) in [6, 6.07) is 6.23. The van der Waals surface area contributed by atoms with Crippen molar-refractivity contribution in [2.24, 2.45) is 0 Å². The Hall–Kier alpha value is -1.13. The zero-order valence-electron chi connectivity index (χ0n) is 10.1. The minimum Gasteiger partial charge on any atom is -0.342 e. The van der Waals surface area contributed by atoms with Crippen LogP contribution in [0.4, 0.5) is 5.69 Å². The third kappa shape index (κ3) is 1.90. The number of thiocarbonyl (C=S) groups is 1. The van der Waals surface area contributed by atoms with Gasteiger partial charge in [0.25, 0.3) is 0 Å². The predicted molar refractivity (Wildman–Crippen MR) is 71.3 cm³/mol. The highest BCUT2D eigenvalue weighted by atomic mass is 32.1. The number of benzene rings is 1. The molecule has 1 aromatic carbocycles. The molecule has 0 atom stereocenters. The van der Waals surface area contributed by atoms with Gasteiger partial charge < -0.3 is 5.32 Å². The number of nitrogens with one attached hydrogen (secondary N) is 2. The van der Waals surface area contributed by atoms with Crippen molar-refractivity contribution in [1.29, 1.82) is 0 Å². The second kappa shape index (κ2) is 3.71. The standard InChI is InChI=1S/C12H17N3S/c1-8-6-5-7-10(9(8)2)15-11(16)13-12(3,4)14-15/h5-7,14H,1-4H3,(H,13,16). The van der Waals surface area contributed by atoms with Crippen LogP contribution in [-0.4, -0.2) is 10.8 Å². The lowest BCUT2D eigenvalue weighted by Crippen LogP contribution is -2.45. The lowest BCUT2D eigenvalue weighted by Gasteiger charge is -2.23. The summed E-state index contributed by atoms with van der Waals surface area (Å²) in [5.41, 5.74) is 6.79. The fourth-order valence-corrected chi connectivity index (χ4v) is 2.23. The van der Waals surface area contributed by atoms with Gasteiger partial charge in [-0.15, -0.1) is 0 Å². The van der Waals surface area contributed by atoms with Crippen molar-refractivity contribution >= 4 is 23.0 Å². The average molecular weight is 235 g/mol. The van der Waals surface area contributed by atoms with Crippen LogP contribution in [0.5, 0.6) is 0 Å². The van der Waals surface area contributed by atoms with Crippen LogP contribution in [0.25, 0.3) is 0 Å². The molecule has 0 spiro atoms. The van der Waals surface area contributed by atoms with E-state index in [-0.39, 0.29) is 5.66 Å². The Morgan fingerprint density at radius 3 is 2.50 bits per heavy atom. The van der Waals surface area contributed by atoms with Crippen LogP contribution < -0.4 is 15.8 Å². The molecule has 0 aliphatic carbocycles. The van der Waals surface area contributed by atoms with E-state index in [9.17, 15) is 0 Å². The van der Waals surface area contributed by atoms with E-state index in [1.807, 2.05) is 11.1 Å². The van der Waals surface area contributed by atoms with Crippen molar-refractivity contribution in [2.45, 2.75) is 33.4 Å². The third-order valence-corrected chi connectivity index (χ3v) is 3.12. The van der Waals surface area contributed by atoms with Crippen LogP contribution in [0, 0.1) is 13.8 Å². The van der Waals surface area contributed by atoms with Gasteiger partial charge in [-0.05, 0) is 57.1 Å². The Balaban J connectivity index is 2.39. The number of hydrogen-bond acceptors (Lipinski definition) is 2. The second-order valence-electron chi connectivity index (χ2n) is 4.72. The van der Waals surface area contributed by atoms with Gasteiger partial charge in [-0.1, -0.05) is 12.1 Å². The summed E-state index contributed by atoms with van der Waals surface area (Å²) in [4.78, 5) is 0. The molecule has 3 nitrogen and oxygen atoms in total. The van der Waals surface area contributed by atoms with Gasteiger partial charge in [0.2, 0.25) is 0 Å². The van der Waals surface area contributed by atoms with Crippen LogP contribution in [0.2, 0.25) is 0 Å². The molecule has 0 unspecified atom stereocenters. The quantitative estimate of drug-likeness (QED) is 0.730. The fourth-order valence-electron chi connectivity index (χ4n) is 1.83. The molecule has 0 amide bonds. The number of rotatable bonds is 1. The van der Waals surface area contributed by atoms with Crippen molar-refractivity contribution in [3.8, 4) is 0 Å². The maximum atomic E-state index is 5.33. The van der Waals surface area contributed by atoms with E-state index >= 15 is 0 Å². The molecule has 86 valence electrons. The highest BCUT2D eigenvalue weighted by Gasteiger charge is 2.32. The van der Waals surface area contributed by atoms with Crippen molar-refractivity contribution in [3.05, 3.63) is 29.3 Å². The zero-order chi connectivity index (χ0) is 11.9. The van der Waals surface area contributed by atoms with E-state index in [2.05, 4.69) is 50.6 Å². The van der Waals surface area contributed by atoms with Crippen LogP contribution in [0.3, 0.4) is 0 Å². The van der Waals surface area contributed by atoms with E-state index in [1.165, 1.54) is 11.1 Å². The largest absolute Gasteiger partial charge is 0.342 e. The first-order chi connectivity index (χ1) is 7.41. The molecule has 1 aliphatic rings. The molecule has 2 rings (SSSR count). The highest BCUT2D eigenvalue weighted by Crippen LogP contribution is 2.24. The third-order valence-electron chi connectivity index (χ3n) is 2.83. The summed E-state index contributed by atoms with van der Waals surface area (Å²) >= 11 is 5.33. The summed E-state index contributed by atoms with van der Waals surface area (Å²) in [5, 5.41) is 5.90. The second-order valence-corrected chi connectivity index (χ2v) is 5.11. The molecule has 2 N–H and O–H groups in total. The Morgan fingerprint density at radius 2 is 1.94 bits per heavy atom. The molecule has 16 heavy (non-hydrogen) atoms. The van der Waals surface area contributed by atoms with E-state index in [0.717, 1.165) is 10.8 Å². The molecule has 1 fully saturated rings. The molecule has 4 heteroatoms. The minimum atomic E-state index is -0.187. The van der Waals surface area contributed by atoms with Crippen molar-refractivity contribution in [1.82, 2.24) is 10.7 Å². The predicted octanol–water partition coefficient (Wildman–Crippen LogP) is 2.24.